The minimum absolute atomic E-state index is 0.252. The van der Waals surface area contributed by atoms with E-state index < -0.39 is 29.3 Å². The second kappa shape index (κ2) is 12.0. The summed E-state index contributed by atoms with van der Waals surface area (Å²) in [5.74, 6) is -0.927. The van der Waals surface area contributed by atoms with Crippen molar-refractivity contribution >= 4 is 23.6 Å². The molecule has 0 saturated heterocycles. The van der Waals surface area contributed by atoms with Crippen molar-refractivity contribution in [1.82, 2.24) is 10.2 Å². The van der Waals surface area contributed by atoms with Gasteiger partial charge in [0.25, 0.3) is 5.91 Å². The smallest absolute Gasteiger partial charge is 0.408 e. The van der Waals surface area contributed by atoms with Crippen molar-refractivity contribution < 1.29 is 19.1 Å². The van der Waals surface area contributed by atoms with Crippen molar-refractivity contribution in [3.8, 4) is 0 Å². The average Bonchev–Trinajstić information content (AvgIpc) is 2.75. The van der Waals surface area contributed by atoms with Gasteiger partial charge >= 0.3 is 6.09 Å². The molecule has 2 atom stereocenters. The highest BCUT2D eigenvalue weighted by Gasteiger charge is 2.43. The molecule has 2 aromatic rings. The zero-order valence-electron chi connectivity index (χ0n) is 24.9. The number of anilines is 1. The number of alkyl carbamates (subject to hydrolysis) is 1. The van der Waals surface area contributed by atoms with Crippen LogP contribution in [0.25, 0.3) is 0 Å². The van der Waals surface area contributed by atoms with E-state index in [1.165, 1.54) is 0 Å². The van der Waals surface area contributed by atoms with Crippen molar-refractivity contribution in [3.05, 3.63) is 64.7 Å². The monoisotopic (exact) mass is 523 g/mol. The molecule has 2 unspecified atom stereocenters. The predicted octanol–water partition coefficient (Wildman–Crippen LogP) is 6.47. The molecule has 2 rings (SSSR count). The van der Waals surface area contributed by atoms with Crippen LogP contribution >= 0.6 is 0 Å². The Morgan fingerprint density at radius 1 is 0.816 bits per heavy atom. The van der Waals surface area contributed by atoms with Gasteiger partial charge in [-0.15, -0.1) is 0 Å². The third-order valence-electron chi connectivity index (χ3n) is 6.29. The third kappa shape index (κ3) is 7.83. The highest BCUT2D eigenvalue weighted by Crippen LogP contribution is 2.35. The van der Waals surface area contributed by atoms with Gasteiger partial charge in [0.2, 0.25) is 5.91 Å². The Hall–Kier alpha value is -3.35. The highest BCUT2D eigenvalue weighted by molar-refractivity contribution is 6.00. The maximum Gasteiger partial charge on any atom is 0.408 e. The first-order chi connectivity index (χ1) is 17.4. The molecule has 0 aromatic heterocycles. The maximum absolute atomic E-state index is 14.4. The van der Waals surface area contributed by atoms with Gasteiger partial charge in [0, 0.05) is 11.2 Å². The van der Waals surface area contributed by atoms with Gasteiger partial charge in [0.05, 0.1) is 0 Å². The van der Waals surface area contributed by atoms with Crippen LogP contribution in [-0.2, 0) is 14.3 Å². The van der Waals surface area contributed by atoms with Crippen LogP contribution in [0.1, 0.15) is 83.7 Å². The second-order valence-electron chi connectivity index (χ2n) is 12.3. The highest BCUT2D eigenvalue weighted by atomic mass is 16.6. The molecule has 38 heavy (non-hydrogen) atoms. The number of amides is 3. The number of nitrogens with one attached hydrogen (secondary N) is 2. The fraction of sp³-hybridized carbons (Fsp3) is 0.516. The van der Waals surface area contributed by atoms with Crippen molar-refractivity contribution in [2.45, 2.75) is 99.4 Å². The molecule has 2 N–H and O–H groups in total. The molecule has 0 aliphatic heterocycles. The fourth-order valence-corrected chi connectivity index (χ4v) is 4.49. The summed E-state index contributed by atoms with van der Waals surface area (Å²) >= 11 is 0. The number of ether oxygens (including phenoxy) is 1. The van der Waals surface area contributed by atoms with Crippen molar-refractivity contribution in [3.63, 3.8) is 0 Å². The van der Waals surface area contributed by atoms with Crippen LogP contribution in [0, 0.1) is 26.7 Å². The van der Waals surface area contributed by atoms with E-state index in [1.807, 2.05) is 97.9 Å². The van der Waals surface area contributed by atoms with Gasteiger partial charge in [-0.2, -0.15) is 0 Å². The summed E-state index contributed by atoms with van der Waals surface area (Å²) in [6.07, 6.45) is -0.675. The lowest BCUT2D eigenvalue weighted by Crippen LogP contribution is -2.59. The third-order valence-corrected chi connectivity index (χ3v) is 6.29. The van der Waals surface area contributed by atoms with Gasteiger partial charge in [0.15, 0.2) is 0 Å². The first-order valence-electron chi connectivity index (χ1n) is 13.2. The molecule has 0 fully saturated rings. The topological polar surface area (TPSA) is 87.7 Å². The number of para-hydroxylation sites is 1. The number of nitrogens with zero attached hydrogens (tertiary/aromatic N) is 1. The lowest BCUT2D eigenvalue weighted by Gasteiger charge is -2.44. The Bertz CT molecular complexity index is 1140. The number of rotatable bonds is 7. The summed E-state index contributed by atoms with van der Waals surface area (Å²) in [4.78, 5) is 42.9. The molecule has 0 bridgehead atoms. The maximum atomic E-state index is 14.4. The number of carbonyl (C=O) groups is 3. The van der Waals surface area contributed by atoms with Gasteiger partial charge in [-0.25, -0.2) is 4.79 Å². The molecule has 3 amide bonds. The van der Waals surface area contributed by atoms with Crippen LogP contribution in [0.5, 0.6) is 0 Å². The molecule has 0 heterocycles. The standard InChI is InChI=1S/C31H45N3O4/c1-19(2)25(33-29(37)38-31(9,10)11)28(36)34(30(6,7)8)26(24-21(4)16-14-17-22(24)5)27(35)32-23-18-13-12-15-20(23)3/h12-19,25-26H,1-11H3,(H,32,35)(H,33,37). The molecule has 2 aromatic carbocycles. The molecular weight excluding hydrogens is 478 g/mol. The van der Waals surface area contributed by atoms with Crippen LogP contribution < -0.4 is 10.6 Å². The van der Waals surface area contributed by atoms with E-state index >= 15 is 0 Å². The van der Waals surface area contributed by atoms with E-state index in [0.29, 0.717) is 5.69 Å². The summed E-state index contributed by atoms with van der Waals surface area (Å²) in [7, 11) is 0. The number of aryl methyl sites for hydroxylation is 3. The predicted molar refractivity (Wildman–Crippen MR) is 153 cm³/mol. The normalized spacial score (nSPS) is 13.5. The molecule has 7 heteroatoms. The quantitative estimate of drug-likeness (QED) is 0.435. The van der Waals surface area contributed by atoms with Gasteiger partial charge in [-0.05, 0) is 96.6 Å². The van der Waals surface area contributed by atoms with Crippen LogP contribution in [0.4, 0.5) is 10.5 Å². The van der Waals surface area contributed by atoms with Gasteiger partial charge in [-0.3, -0.25) is 9.59 Å². The van der Waals surface area contributed by atoms with E-state index in [4.69, 9.17) is 4.74 Å². The Morgan fingerprint density at radius 2 is 1.34 bits per heavy atom. The Balaban J connectivity index is 2.67. The van der Waals surface area contributed by atoms with Gasteiger partial charge < -0.3 is 20.3 Å². The lowest BCUT2D eigenvalue weighted by atomic mass is 9.89. The number of carbonyl (C=O) groups excluding carboxylic acids is 3. The number of hydrogen-bond donors (Lipinski definition) is 2. The van der Waals surface area contributed by atoms with Gasteiger partial charge in [0.1, 0.15) is 17.7 Å². The van der Waals surface area contributed by atoms with Crippen LogP contribution in [0.3, 0.4) is 0 Å². The van der Waals surface area contributed by atoms with Crippen LogP contribution in [0.2, 0.25) is 0 Å². The summed E-state index contributed by atoms with van der Waals surface area (Å²) in [5, 5.41) is 5.84. The van der Waals surface area contributed by atoms with E-state index in [2.05, 4.69) is 10.6 Å². The Kier molecular flexibility index (Phi) is 9.76. The van der Waals surface area contributed by atoms with Crippen LogP contribution in [0.15, 0.2) is 42.5 Å². The molecule has 7 nitrogen and oxygen atoms in total. The lowest BCUT2D eigenvalue weighted by molar-refractivity contribution is -0.147. The van der Waals surface area contributed by atoms with E-state index in [-0.39, 0.29) is 17.7 Å². The minimum Gasteiger partial charge on any atom is -0.444 e. The number of benzene rings is 2. The molecule has 0 aliphatic rings. The molecule has 208 valence electrons. The first kappa shape index (κ1) is 30.9. The molecular formula is C31H45N3O4. The Labute approximate surface area is 228 Å². The van der Waals surface area contributed by atoms with Crippen molar-refractivity contribution in [1.29, 1.82) is 0 Å². The summed E-state index contributed by atoms with van der Waals surface area (Å²) < 4.78 is 5.46. The van der Waals surface area contributed by atoms with Gasteiger partial charge in [-0.1, -0.05) is 50.2 Å². The zero-order chi connectivity index (χ0) is 29.0. The largest absolute Gasteiger partial charge is 0.444 e. The molecule has 0 radical (unpaired) electrons. The minimum atomic E-state index is -0.940. The fourth-order valence-electron chi connectivity index (χ4n) is 4.49. The summed E-state index contributed by atoms with van der Waals surface area (Å²) in [6, 6.07) is 11.5. The number of hydrogen-bond acceptors (Lipinski definition) is 4. The van der Waals surface area contributed by atoms with Crippen LogP contribution in [-0.4, -0.2) is 40.0 Å². The average molecular weight is 524 g/mol. The SMILES string of the molecule is Cc1ccccc1NC(=O)C(c1c(C)cccc1C)N(C(=O)C(NC(=O)OC(C)(C)C)C(C)C)C(C)(C)C. The molecule has 0 aliphatic carbocycles. The van der Waals surface area contributed by atoms with E-state index in [9.17, 15) is 14.4 Å². The van der Waals surface area contributed by atoms with Crippen molar-refractivity contribution in [2.75, 3.05) is 5.32 Å². The first-order valence-corrected chi connectivity index (χ1v) is 13.2. The summed E-state index contributed by atoms with van der Waals surface area (Å²) in [5.41, 5.74) is 2.69. The molecule has 0 spiro atoms. The van der Waals surface area contributed by atoms with E-state index in [0.717, 1.165) is 22.3 Å². The zero-order valence-corrected chi connectivity index (χ0v) is 24.9. The van der Waals surface area contributed by atoms with E-state index in [1.54, 1.807) is 25.7 Å². The van der Waals surface area contributed by atoms with Crippen molar-refractivity contribution in [2.24, 2.45) is 5.92 Å². The summed E-state index contributed by atoms with van der Waals surface area (Å²) in [6.45, 7) is 20.6. The second-order valence-corrected chi connectivity index (χ2v) is 12.3. The Morgan fingerprint density at radius 3 is 1.82 bits per heavy atom. The molecule has 0 saturated carbocycles.